The van der Waals surface area contributed by atoms with Gasteiger partial charge in [0.2, 0.25) is 10.0 Å². The molecule has 24 heavy (non-hydrogen) atoms. The molecule has 0 bridgehead atoms. The van der Waals surface area contributed by atoms with E-state index in [9.17, 15) is 22.8 Å². The number of hydrogen-bond donors (Lipinski definition) is 2. The molecule has 132 valence electrons. The molecule has 0 heterocycles. The van der Waals surface area contributed by atoms with Crippen molar-refractivity contribution in [3.63, 3.8) is 0 Å². The number of benzene rings is 1. The van der Waals surface area contributed by atoms with Gasteiger partial charge in [-0.1, -0.05) is 19.9 Å². The maximum atomic E-state index is 12.4. The Balaban J connectivity index is 2.90. The molecule has 3 N–H and O–H groups in total. The van der Waals surface area contributed by atoms with Crippen LogP contribution in [-0.2, 0) is 19.6 Å². The third-order valence-electron chi connectivity index (χ3n) is 3.01. The van der Waals surface area contributed by atoms with Crippen LogP contribution in [-0.4, -0.2) is 50.3 Å². The lowest BCUT2D eigenvalue weighted by Gasteiger charge is -2.18. The number of urea groups is 1. The number of rotatable bonds is 7. The molecule has 0 aliphatic rings. The molecule has 0 aliphatic carbocycles. The van der Waals surface area contributed by atoms with Crippen molar-refractivity contribution in [2.75, 3.05) is 19.7 Å². The number of imide groups is 1. The van der Waals surface area contributed by atoms with Crippen molar-refractivity contribution in [1.82, 2.24) is 9.62 Å². The topological polar surface area (TPSA) is 136 Å². The fourth-order valence-corrected chi connectivity index (χ4v) is 3.39. The first kappa shape index (κ1) is 19.6. The van der Waals surface area contributed by atoms with Crippen molar-refractivity contribution in [2.24, 2.45) is 5.73 Å². The fourth-order valence-electron chi connectivity index (χ4n) is 1.88. The number of esters is 1. The Hall–Kier alpha value is -2.46. The number of nitrogens with zero attached hydrogens (tertiary/aromatic N) is 1. The largest absolute Gasteiger partial charge is 0.452 e. The van der Waals surface area contributed by atoms with E-state index in [0.29, 0.717) is 13.1 Å². The van der Waals surface area contributed by atoms with Crippen molar-refractivity contribution in [3.05, 3.63) is 29.8 Å². The fraction of sp³-hybridized carbons (Fsp3) is 0.357. The standard InChI is InChI=1S/C14H19N3O6S/c1-3-17(4-2)24(21,22)11-7-5-6-10(8-11)13(19)23-9-12(18)16-14(15)20/h5-8H,3-4,9H2,1-2H3,(H3,15,16,18,20). The minimum Gasteiger partial charge on any atom is -0.452 e. The maximum Gasteiger partial charge on any atom is 0.338 e. The van der Waals surface area contributed by atoms with Crippen molar-refractivity contribution >= 4 is 27.9 Å². The Labute approximate surface area is 139 Å². The average molecular weight is 357 g/mol. The zero-order chi connectivity index (χ0) is 18.3. The molecule has 0 spiro atoms. The number of amides is 3. The molecular weight excluding hydrogens is 338 g/mol. The van der Waals surface area contributed by atoms with Crippen LogP contribution in [0.2, 0.25) is 0 Å². The van der Waals surface area contributed by atoms with E-state index < -0.39 is 34.5 Å². The molecule has 0 saturated heterocycles. The lowest BCUT2D eigenvalue weighted by atomic mass is 10.2. The molecule has 1 aromatic carbocycles. The van der Waals surface area contributed by atoms with E-state index in [1.54, 1.807) is 19.2 Å². The average Bonchev–Trinajstić information content (AvgIpc) is 2.53. The summed E-state index contributed by atoms with van der Waals surface area (Å²) >= 11 is 0. The third-order valence-corrected chi connectivity index (χ3v) is 5.06. The minimum absolute atomic E-state index is 0.0323. The van der Waals surface area contributed by atoms with Crippen LogP contribution in [0.15, 0.2) is 29.2 Å². The molecule has 0 aromatic heterocycles. The van der Waals surface area contributed by atoms with Crippen LogP contribution in [0.1, 0.15) is 24.2 Å². The summed E-state index contributed by atoms with van der Waals surface area (Å²) < 4.78 is 30.8. The van der Waals surface area contributed by atoms with Gasteiger partial charge in [-0.3, -0.25) is 10.1 Å². The smallest absolute Gasteiger partial charge is 0.338 e. The Morgan fingerprint density at radius 2 is 1.83 bits per heavy atom. The van der Waals surface area contributed by atoms with Crippen LogP contribution in [0.4, 0.5) is 4.79 Å². The van der Waals surface area contributed by atoms with Gasteiger partial charge < -0.3 is 10.5 Å². The van der Waals surface area contributed by atoms with Crippen molar-refractivity contribution in [1.29, 1.82) is 0 Å². The molecule has 9 nitrogen and oxygen atoms in total. The van der Waals surface area contributed by atoms with E-state index in [4.69, 9.17) is 10.5 Å². The normalized spacial score (nSPS) is 11.1. The monoisotopic (exact) mass is 357 g/mol. The highest BCUT2D eigenvalue weighted by molar-refractivity contribution is 7.89. The highest BCUT2D eigenvalue weighted by atomic mass is 32.2. The molecule has 0 fully saturated rings. The zero-order valence-corrected chi connectivity index (χ0v) is 14.1. The predicted octanol–water partition coefficient (Wildman–Crippen LogP) is 0.0688. The SMILES string of the molecule is CCN(CC)S(=O)(=O)c1cccc(C(=O)OCC(=O)NC(N)=O)c1. The van der Waals surface area contributed by atoms with E-state index in [-0.39, 0.29) is 10.5 Å². The van der Waals surface area contributed by atoms with Gasteiger partial charge in [0.15, 0.2) is 6.61 Å². The van der Waals surface area contributed by atoms with Gasteiger partial charge >= 0.3 is 12.0 Å². The van der Waals surface area contributed by atoms with Gasteiger partial charge in [-0.15, -0.1) is 0 Å². The van der Waals surface area contributed by atoms with Crippen LogP contribution in [0.3, 0.4) is 0 Å². The highest BCUT2D eigenvalue weighted by Gasteiger charge is 2.23. The molecule has 3 amide bonds. The van der Waals surface area contributed by atoms with Crippen LogP contribution in [0.5, 0.6) is 0 Å². The van der Waals surface area contributed by atoms with Crippen molar-refractivity contribution in [2.45, 2.75) is 18.7 Å². The summed E-state index contributed by atoms with van der Waals surface area (Å²) in [5.41, 5.74) is 4.72. The number of sulfonamides is 1. The summed E-state index contributed by atoms with van der Waals surface area (Å²) in [5, 5.41) is 1.74. The summed E-state index contributed by atoms with van der Waals surface area (Å²) in [6, 6.07) is 4.22. The molecule has 1 rings (SSSR count). The Morgan fingerprint density at radius 1 is 1.21 bits per heavy atom. The second kappa shape index (κ2) is 8.41. The second-order valence-electron chi connectivity index (χ2n) is 4.61. The number of nitrogens with two attached hydrogens (primary N) is 1. The van der Waals surface area contributed by atoms with Gasteiger partial charge in [0.25, 0.3) is 5.91 Å². The molecule has 0 radical (unpaired) electrons. The number of ether oxygens (including phenoxy) is 1. The van der Waals surface area contributed by atoms with Crippen LogP contribution in [0, 0.1) is 0 Å². The number of hydrogen-bond acceptors (Lipinski definition) is 6. The summed E-state index contributed by atoms with van der Waals surface area (Å²) in [4.78, 5) is 33.5. The Bertz CT molecular complexity index is 728. The zero-order valence-electron chi connectivity index (χ0n) is 13.3. The Morgan fingerprint density at radius 3 is 2.38 bits per heavy atom. The van der Waals surface area contributed by atoms with Crippen molar-refractivity contribution < 1.29 is 27.5 Å². The quantitative estimate of drug-likeness (QED) is 0.663. The van der Waals surface area contributed by atoms with Crippen LogP contribution >= 0.6 is 0 Å². The molecule has 10 heteroatoms. The van der Waals surface area contributed by atoms with Gasteiger partial charge in [-0.05, 0) is 18.2 Å². The maximum absolute atomic E-state index is 12.4. The lowest BCUT2D eigenvalue weighted by Crippen LogP contribution is -2.37. The number of nitrogens with one attached hydrogen (secondary N) is 1. The van der Waals surface area contributed by atoms with E-state index in [1.807, 2.05) is 0 Å². The van der Waals surface area contributed by atoms with Crippen LogP contribution < -0.4 is 11.1 Å². The highest BCUT2D eigenvalue weighted by Crippen LogP contribution is 2.17. The summed E-state index contributed by atoms with van der Waals surface area (Å²) in [7, 11) is -3.72. The van der Waals surface area contributed by atoms with Gasteiger partial charge in [-0.2, -0.15) is 4.31 Å². The van der Waals surface area contributed by atoms with Gasteiger partial charge in [0, 0.05) is 13.1 Å². The molecular formula is C14H19N3O6S. The first-order valence-electron chi connectivity index (χ1n) is 7.09. The lowest BCUT2D eigenvalue weighted by molar-refractivity contribution is -0.123. The summed E-state index contributed by atoms with van der Waals surface area (Å²) in [5.74, 6) is -1.78. The summed E-state index contributed by atoms with van der Waals surface area (Å²) in [6.45, 7) is 3.28. The van der Waals surface area contributed by atoms with Gasteiger partial charge in [0.1, 0.15) is 0 Å². The molecule has 0 saturated carbocycles. The number of carbonyl (C=O) groups excluding carboxylic acids is 3. The Kier molecular flexibility index (Phi) is 6.86. The van der Waals surface area contributed by atoms with E-state index in [1.165, 1.54) is 28.6 Å². The number of primary amides is 1. The van der Waals surface area contributed by atoms with Crippen molar-refractivity contribution in [3.8, 4) is 0 Å². The summed E-state index contributed by atoms with van der Waals surface area (Å²) in [6.07, 6.45) is 0. The molecule has 0 atom stereocenters. The third kappa shape index (κ3) is 5.03. The molecule has 0 aliphatic heterocycles. The molecule has 1 aromatic rings. The molecule has 0 unspecified atom stereocenters. The second-order valence-corrected chi connectivity index (χ2v) is 6.54. The van der Waals surface area contributed by atoms with E-state index >= 15 is 0 Å². The predicted molar refractivity (Wildman–Crippen MR) is 84.6 cm³/mol. The van der Waals surface area contributed by atoms with Crippen LogP contribution in [0.25, 0.3) is 0 Å². The van der Waals surface area contributed by atoms with Gasteiger partial charge in [0.05, 0.1) is 10.5 Å². The van der Waals surface area contributed by atoms with Gasteiger partial charge in [-0.25, -0.2) is 18.0 Å². The van der Waals surface area contributed by atoms with E-state index in [0.717, 1.165) is 0 Å². The first-order valence-corrected chi connectivity index (χ1v) is 8.53. The first-order chi connectivity index (χ1) is 11.2. The van der Waals surface area contributed by atoms with E-state index in [2.05, 4.69) is 0 Å². The number of carbonyl (C=O) groups is 3. The minimum atomic E-state index is -3.72.